The summed E-state index contributed by atoms with van der Waals surface area (Å²) in [7, 11) is 0. The van der Waals surface area contributed by atoms with Gasteiger partial charge < -0.3 is 20.9 Å². The fraction of sp³-hybridized carbons (Fsp3) is 0.176. The van der Waals surface area contributed by atoms with Crippen molar-refractivity contribution < 1.29 is 19.1 Å². The maximum Gasteiger partial charge on any atom is 0.343 e. The number of hydrogen-bond acceptors (Lipinski definition) is 6. The largest absolute Gasteiger partial charge is 0.422 e. The molecule has 4 N–H and O–H groups in total. The summed E-state index contributed by atoms with van der Waals surface area (Å²) >= 11 is 0. The minimum atomic E-state index is -1.02. The number of carbonyl (C=O) groups is 2. The van der Waals surface area contributed by atoms with Gasteiger partial charge in [0.05, 0.1) is 11.1 Å². The summed E-state index contributed by atoms with van der Waals surface area (Å²) in [6.07, 6.45) is -0.717. The number of nitrogen functional groups attached to an aromatic ring is 2. The highest BCUT2D eigenvalue weighted by Gasteiger charge is 2.21. The first kappa shape index (κ1) is 16.4. The van der Waals surface area contributed by atoms with E-state index in [0.717, 1.165) is 0 Å². The quantitative estimate of drug-likeness (QED) is 0.499. The van der Waals surface area contributed by atoms with E-state index >= 15 is 0 Å². The van der Waals surface area contributed by atoms with Crippen molar-refractivity contribution >= 4 is 23.3 Å². The third-order valence-corrected chi connectivity index (χ3v) is 3.17. The van der Waals surface area contributed by atoms with Gasteiger partial charge in [-0.2, -0.15) is 0 Å². The second-order valence-corrected chi connectivity index (χ2v) is 4.82. The van der Waals surface area contributed by atoms with Crippen molar-refractivity contribution in [3.05, 3.63) is 59.7 Å². The third kappa shape index (κ3) is 4.00. The minimum Gasteiger partial charge on any atom is -0.422 e. The Labute approximate surface area is 134 Å². The fourth-order valence-corrected chi connectivity index (χ4v) is 1.92. The smallest absolute Gasteiger partial charge is 0.343 e. The van der Waals surface area contributed by atoms with Crippen molar-refractivity contribution in [3.8, 4) is 0 Å². The lowest BCUT2D eigenvalue weighted by atomic mass is 10.2. The van der Waals surface area contributed by atoms with Crippen molar-refractivity contribution in [1.82, 2.24) is 0 Å². The molecule has 0 saturated carbocycles. The summed E-state index contributed by atoms with van der Waals surface area (Å²) in [5.41, 5.74) is 12.5. The van der Waals surface area contributed by atoms with Gasteiger partial charge in [0, 0.05) is 17.8 Å². The summed E-state index contributed by atoms with van der Waals surface area (Å²) in [6, 6.07) is 13.0. The van der Waals surface area contributed by atoms with Gasteiger partial charge in [-0.1, -0.05) is 31.2 Å². The molecule has 0 heterocycles. The molecular weight excluding hydrogens is 296 g/mol. The van der Waals surface area contributed by atoms with Crippen LogP contribution >= 0.6 is 0 Å². The zero-order valence-corrected chi connectivity index (χ0v) is 12.7. The third-order valence-electron chi connectivity index (χ3n) is 3.17. The lowest BCUT2D eigenvalue weighted by Gasteiger charge is -2.17. The molecule has 0 unspecified atom stereocenters. The minimum absolute atomic E-state index is 0.223. The fourth-order valence-electron chi connectivity index (χ4n) is 1.92. The number of para-hydroxylation sites is 2. The Kier molecular flexibility index (Phi) is 5.19. The number of carbonyl (C=O) groups excluding carboxylic acids is 2. The number of rotatable bonds is 5. The van der Waals surface area contributed by atoms with Crippen molar-refractivity contribution in [3.63, 3.8) is 0 Å². The zero-order valence-electron chi connectivity index (χ0n) is 12.7. The number of esters is 2. The summed E-state index contributed by atoms with van der Waals surface area (Å²) in [6.45, 7) is 1.73. The molecule has 0 radical (unpaired) electrons. The van der Waals surface area contributed by atoms with E-state index in [0.29, 0.717) is 17.8 Å². The molecule has 0 amide bonds. The Hall–Kier alpha value is -3.02. The van der Waals surface area contributed by atoms with E-state index < -0.39 is 18.2 Å². The average Bonchev–Trinajstić information content (AvgIpc) is 2.54. The van der Waals surface area contributed by atoms with E-state index in [9.17, 15) is 9.59 Å². The summed E-state index contributed by atoms with van der Waals surface area (Å²) < 4.78 is 10.4. The molecule has 6 heteroatoms. The first-order valence-electron chi connectivity index (χ1n) is 7.14. The highest BCUT2D eigenvalue weighted by Crippen LogP contribution is 2.17. The highest BCUT2D eigenvalue weighted by molar-refractivity contribution is 5.96. The molecule has 0 spiro atoms. The van der Waals surface area contributed by atoms with E-state index in [1.54, 1.807) is 55.5 Å². The Morgan fingerprint density at radius 2 is 1.26 bits per heavy atom. The van der Waals surface area contributed by atoms with Gasteiger partial charge in [-0.25, -0.2) is 9.59 Å². The molecule has 2 aromatic carbocycles. The Balaban J connectivity index is 2.06. The number of hydrogen-bond donors (Lipinski definition) is 2. The van der Waals surface area contributed by atoms with E-state index in [1.165, 1.54) is 0 Å². The maximum atomic E-state index is 12.1. The van der Waals surface area contributed by atoms with Gasteiger partial charge in [0.25, 0.3) is 0 Å². The van der Waals surface area contributed by atoms with Crippen LogP contribution in [0.15, 0.2) is 48.5 Å². The normalized spacial score (nSPS) is 10.3. The maximum absolute atomic E-state index is 12.1. The Bertz CT molecular complexity index is 656. The molecular formula is C17H18N2O4. The van der Waals surface area contributed by atoms with Crippen LogP contribution in [0.2, 0.25) is 0 Å². The van der Waals surface area contributed by atoms with Crippen LogP contribution in [0.1, 0.15) is 34.1 Å². The summed E-state index contributed by atoms with van der Waals surface area (Å²) in [4.78, 5) is 24.2. The van der Waals surface area contributed by atoms with Gasteiger partial charge in [-0.05, 0) is 24.3 Å². The molecule has 0 atom stereocenters. The first-order valence-corrected chi connectivity index (χ1v) is 7.14. The van der Waals surface area contributed by atoms with Crippen LogP contribution in [-0.2, 0) is 9.47 Å². The van der Waals surface area contributed by atoms with Crippen molar-refractivity contribution in [2.75, 3.05) is 11.5 Å². The molecule has 2 aromatic rings. The number of anilines is 2. The SMILES string of the molecule is CCC(OC(=O)c1ccccc1N)OC(=O)c1ccccc1N. The molecule has 0 saturated heterocycles. The Morgan fingerprint density at radius 3 is 1.61 bits per heavy atom. The summed E-state index contributed by atoms with van der Waals surface area (Å²) in [5, 5.41) is 0. The molecule has 0 bridgehead atoms. The van der Waals surface area contributed by atoms with Crippen molar-refractivity contribution in [2.45, 2.75) is 19.6 Å². The van der Waals surface area contributed by atoms with Crippen molar-refractivity contribution in [2.24, 2.45) is 0 Å². The van der Waals surface area contributed by atoms with Crippen LogP contribution in [0.5, 0.6) is 0 Å². The molecule has 23 heavy (non-hydrogen) atoms. The zero-order chi connectivity index (χ0) is 16.8. The van der Waals surface area contributed by atoms with Gasteiger partial charge in [-0.3, -0.25) is 0 Å². The number of benzene rings is 2. The molecule has 0 aliphatic heterocycles. The molecule has 120 valence electrons. The molecule has 0 aliphatic carbocycles. The summed E-state index contributed by atoms with van der Waals surface area (Å²) in [5.74, 6) is -1.30. The van der Waals surface area contributed by atoms with Crippen LogP contribution in [0.4, 0.5) is 11.4 Å². The van der Waals surface area contributed by atoms with Crippen LogP contribution < -0.4 is 11.5 Å². The molecule has 0 aromatic heterocycles. The Morgan fingerprint density at radius 1 is 0.870 bits per heavy atom. The predicted molar refractivity (Wildman–Crippen MR) is 86.6 cm³/mol. The standard InChI is InChI=1S/C17H18N2O4/c1-2-15(22-16(20)11-7-3-5-9-13(11)18)23-17(21)12-8-4-6-10-14(12)19/h3-10,15H,2,18-19H2,1H3. The van der Waals surface area contributed by atoms with E-state index in [4.69, 9.17) is 20.9 Å². The van der Waals surface area contributed by atoms with Gasteiger partial charge in [-0.15, -0.1) is 0 Å². The lowest BCUT2D eigenvalue weighted by Crippen LogP contribution is -2.25. The number of nitrogens with two attached hydrogens (primary N) is 2. The van der Waals surface area contributed by atoms with Gasteiger partial charge in [0.2, 0.25) is 6.29 Å². The van der Waals surface area contributed by atoms with Gasteiger partial charge in [0.1, 0.15) is 0 Å². The molecule has 2 rings (SSSR count). The second kappa shape index (κ2) is 7.31. The van der Waals surface area contributed by atoms with E-state index in [2.05, 4.69) is 0 Å². The van der Waals surface area contributed by atoms with E-state index in [-0.39, 0.29) is 11.1 Å². The average molecular weight is 314 g/mol. The van der Waals surface area contributed by atoms with Gasteiger partial charge in [0.15, 0.2) is 0 Å². The van der Waals surface area contributed by atoms with Crippen LogP contribution in [0, 0.1) is 0 Å². The monoisotopic (exact) mass is 314 g/mol. The molecule has 0 fully saturated rings. The second-order valence-electron chi connectivity index (χ2n) is 4.82. The topological polar surface area (TPSA) is 105 Å². The molecule has 6 nitrogen and oxygen atoms in total. The van der Waals surface area contributed by atoms with E-state index in [1.807, 2.05) is 0 Å². The molecule has 0 aliphatic rings. The van der Waals surface area contributed by atoms with Crippen LogP contribution in [0.3, 0.4) is 0 Å². The lowest BCUT2D eigenvalue weighted by molar-refractivity contribution is -0.0805. The van der Waals surface area contributed by atoms with Gasteiger partial charge >= 0.3 is 11.9 Å². The highest BCUT2D eigenvalue weighted by atomic mass is 16.7. The van der Waals surface area contributed by atoms with Crippen molar-refractivity contribution in [1.29, 1.82) is 0 Å². The van der Waals surface area contributed by atoms with Crippen LogP contribution in [0.25, 0.3) is 0 Å². The number of ether oxygens (including phenoxy) is 2. The first-order chi connectivity index (χ1) is 11.0. The van der Waals surface area contributed by atoms with Crippen LogP contribution in [-0.4, -0.2) is 18.2 Å². The predicted octanol–water partition coefficient (Wildman–Crippen LogP) is 2.60.